The molecule has 2 amide bonds. The van der Waals surface area contributed by atoms with Gasteiger partial charge in [-0.2, -0.15) is 0 Å². The summed E-state index contributed by atoms with van der Waals surface area (Å²) in [6.07, 6.45) is 7.13. The fourth-order valence-corrected chi connectivity index (χ4v) is 7.56. The topological polar surface area (TPSA) is 85.1 Å². The van der Waals surface area contributed by atoms with Gasteiger partial charge < -0.3 is 25.8 Å². The molecule has 2 aromatic rings. The van der Waals surface area contributed by atoms with Crippen LogP contribution in [-0.2, 0) is 35.4 Å². The van der Waals surface area contributed by atoms with Gasteiger partial charge >= 0.3 is 0 Å². The number of hydrogen-bond donors (Lipinski definition) is 2. The quantitative estimate of drug-likeness (QED) is 0.372. The second-order valence-electron chi connectivity index (χ2n) is 13.5. The molecule has 3 aliphatic heterocycles. The number of nitrogens with zero attached hydrogens (tertiary/aromatic N) is 4. The Labute approximate surface area is 271 Å². The lowest BCUT2D eigenvalue weighted by molar-refractivity contribution is -0.143. The van der Waals surface area contributed by atoms with Crippen LogP contribution < -0.4 is 11.1 Å². The van der Waals surface area contributed by atoms with Crippen LogP contribution in [0.5, 0.6) is 0 Å². The van der Waals surface area contributed by atoms with Crippen LogP contribution in [0, 0.1) is 5.92 Å². The van der Waals surface area contributed by atoms with Gasteiger partial charge in [0.25, 0.3) is 0 Å². The first-order chi connectivity index (χ1) is 21.8. The second-order valence-corrected chi connectivity index (χ2v) is 13.5. The van der Waals surface area contributed by atoms with E-state index < -0.39 is 0 Å². The molecule has 3 saturated heterocycles. The van der Waals surface area contributed by atoms with Gasteiger partial charge in [-0.15, -0.1) is 0 Å². The van der Waals surface area contributed by atoms with E-state index in [-0.39, 0.29) is 24.2 Å². The third-order valence-electron chi connectivity index (χ3n) is 10.6. The standard InChI is InChI=1S/C37H56N6O2/c1-4-29-11-10-28(24-30(29)5-2)25-32(37(45)43-22-20-41(21-23-43)34-14-16-40(3)17-15-34)26-36(44)42-18-12-33(13-19-42)39-27-31-8-6-7-9-35(31)38/h6-11,24,32-34,39H,4-5,12-23,25-27,38H2,1-3H3. The summed E-state index contributed by atoms with van der Waals surface area (Å²) in [5.74, 6) is -0.0626. The highest BCUT2D eigenvalue weighted by Crippen LogP contribution is 2.24. The van der Waals surface area contributed by atoms with Gasteiger partial charge in [0.15, 0.2) is 0 Å². The Hall–Kier alpha value is -2.94. The SMILES string of the molecule is CCc1ccc(CC(CC(=O)N2CCC(NCc3ccccc3N)CC2)C(=O)N2CCN(C3CCN(C)CC3)CC2)cc1CC. The zero-order valence-electron chi connectivity index (χ0n) is 28.0. The summed E-state index contributed by atoms with van der Waals surface area (Å²) in [5, 5.41) is 3.64. The monoisotopic (exact) mass is 616 g/mol. The number of amides is 2. The Morgan fingerprint density at radius 1 is 0.822 bits per heavy atom. The van der Waals surface area contributed by atoms with Crippen LogP contribution >= 0.6 is 0 Å². The second kappa shape index (κ2) is 16.1. The molecule has 0 aliphatic carbocycles. The number of likely N-dealkylation sites (tertiary alicyclic amines) is 2. The number of carbonyl (C=O) groups excluding carboxylic acids is 2. The number of carbonyl (C=O) groups is 2. The van der Waals surface area contributed by atoms with Crippen molar-refractivity contribution >= 4 is 17.5 Å². The van der Waals surface area contributed by atoms with Crippen molar-refractivity contribution < 1.29 is 9.59 Å². The lowest BCUT2D eigenvalue weighted by Crippen LogP contribution is -2.55. The average Bonchev–Trinajstić information content (AvgIpc) is 3.08. The number of nitrogens with two attached hydrogens (primary N) is 1. The van der Waals surface area contributed by atoms with Gasteiger partial charge in [0.05, 0.1) is 5.92 Å². The minimum absolute atomic E-state index is 0.116. The summed E-state index contributed by atoms with van der Waals surface area (Å²) in [4.78, 5) is 36.9. The first-order valence-electron chi connectivity index (χ1n) is 17.5. The molecular weight excluding hydrogens is 560 g/mol. The normalized spacial score (nSPS) is 20.0. The number of para-hydroxylation sites is 1. The Bertz CT molecular complexity index is 1260. The lowest BCUT2D eigenvalue weighted by Gasteiger charge is -2.43. The van der Waals surface area contributed by atoms with Crippen molar-refractivity contribution in [3.05, 3.63) is 64.7 Å². The molecule has 3 N–H and O–H groups in total. The Morgan fingerprint density at radius 2 is 1.51 bits per heavy atom. The zero-order chi connectivity index (χ0) is 31.8. The van der Waals surface area contributed by atoms with Crippen molar-refractivity contribution in [3.63, 3.8) is 0 Å². The molecule has 0 spiro atoms. The van der Waals surface area contributed by atoms with Gasteiger partial charge in [0, 0.05) is 70.0 Å². The predicted molar refractivity (Wildman–Crippen MR) is 183 cm³/mol. The molecule has 3 fully saturated rings. The number of hydrogen-bond acceptors (Lipinski definition) is 6. The van der Waals surface area contributed by atoms with Gasteiger partial charge in [-0.1, -0.05) is 50.2 Å². The molecule has 2 aromatic carbocycles. The summed E-state index contributed by atoms with van der Waals surface area (Å²) < 4.78 is 0. The average molecular weight is 617 g/mol. The van der Waals surface area contributed by atoms with Crippen molar-refractivity contribution in [2.75, 3.05) is 65.1 Å². The molecule has 3 heterocycles. The van der Waals surface area contributed by atoms with Gasteiger partial charge in [-0.05, 0) is 93.4 Å². The number of benzene rings is 2. The Morgan fingerprint density at radius 3 is 2.18 bits per heavy atom. The third-order valence-corrected chi connectivity index (χ3v) is 10.6. The van der Waals surface area contributed by atoms with E-state index in [1.807, 2.05) is 23.1 Å². The van der Waals surface area contributed by atoms with Gasteiger partial charge in [-0.25, -0.2) is 0 Å². The van der Waals surface area contributed by atoms with Gasteiger partial charge in [0.1, 0.15) is 0 Å². The fraction of sp³-hybridized carbons (Fsp3) is 0.622. The first-order valence-corrected chi connectivity index (χ1v) is 17.5. The van der Waals surface area contributed by atoms with E-state index in [0.29, 0.717) is 18.5 Å². The van der Waals surface area contributed by atoms with Crippen LogP contribution in [0.15, 0.2) is 42.5 Å². The molecule has 8 nitrogen and oxygen atoms in total. The van der Waals surface area contributed by atoms with Crippen molar-refractivity contribution in [2.24, 2.45) is 5.92 Å². The molecule has 3 aliphatic rings. The van der Waals surface area contributed by atoms with Crippen LogP contribution in [0.4, 0.5) is 5.69 Å². The lowest BCUT2D eigenvalue weighted by atomic mass is 9.90. The van der Waals surface area contributed by atoms with E-state index in [1.54, 1.807) is 0 Å². The van der Waals surface area contributed by atoms with Crippen molar-refractivity contribution in [1.29, 1.82) is 0 Å². The maximum atomic E-state index is 14.1. The molecule has 0 saturated carbocycles. The maximum Gasteiger partial charge on any atom is 0.226 e. The molecule has 8 heteroatoms. The molecule has 5 rings (SSSR count). The summed E-state index contributed by atoms with van der Waals surface area (Å²) in [6.45, 7) is 12.3. The van der Waals surface area contributed by atoms with E-state index in [4.69, 9.17) is 5.73 Å². The maximum absolute atomic E-state index is 14.1. The summed E-state index contributed by atoms with van der Waals surface area (Å²) in [5.41, 5.74) is 11.9. The highest BCUT2D eigenvalue weighted by Gasteiger charge is 2.33. The number of piperidine rings is 2. The number of aryl methyl sites for hydroxylation is 2. The first kappa shape index (κ1) is 33.4. The zero-order valence-corrected chi connectivity index (χ0v) is 28.0. The van der Waals surface area contributed by atoms with E-state index in [0.717, 1.165) is 95.8 Å². The molecule has 1 unspecified atom stereocenters. The van der Waals surface area contributed by atoms with Gasteiger partial charge in [0.2, 0.25) is 11.8 Å². The van der Waals surface area contributed by atoms with E-state index >= 15 is 0 Å². The molecule has 0 bridgehead atoms. The largest absolute Gasteiger partial charge is 0.398 e. The van der Waals surface area contributed by atoms with Crippen molar-refractivity contribution in [1.82, 2.24) is 24.9 Å². The smallest absolute Gasteiger partial charge is 0.226 e. The van der Waals surface area contributed by atoms with Crippen LogP contribution in [0.2, 0.25) is 0 Å². The number of nitrogens with one attached hydrogen (secondary N) is 1. The summed E-state index contributed by atoms with van der Waals surface area (Å²) >= 11 is 0. The molecule has 45 heavy (non-hydrogen) atoms. The Balaban J connectivity index is 1.19. The minimum atomic E-state index is -0.332. The number of anilines is 1. The molecular formula is C37H56N6O2. The number of rotatable bonds is 11. The number of nitrogen functional groups attached to an aromatic ring is 1. The van der Waals surface area contributed by atoms with Crippen LogP contribution in [-0.4, -0.2) is 103 Å². The van der Waals surface area contributed by atoms with E-state index in [1.165, 1.54) is 29.5 Å². The van der Waals surface area contributed by atoms with Crippen LogP contribution in [0.3, 0.4) is 0 Å². The predicted octanol–water partition coefficient (Wildman–Crippen LogP) is 3.96. The molecule has 246 valence electrons. The van der Waals surface area contributed by atoms with Crippen molar-refractivity contribution in [3.8, 4) is 0 Å². The number of piperazine rings is 1. The molecule has 0 aromatic heterocycles. The van der Waals surface area contributed by atoms with Crippen LogP contribution in [0.1, 0.15) is 68.2 Å². The highest BCUT2D eigenvalue weighted by molar-refractivity contribution is 5.86. The fourth-order valence-electron chi connectivity index (χ4n) is 7.56. The van der Waals surface area contributed by atoms with Gasteiger partial charge in [-0.3, -0.25) is 14.5 Å². The third kappa shape index (κ3) is 8.87. The summed E-state index contributed by atoms with van der Waals surface area (Å²) in [6, 6.07) is 15.6. The molecule has 1 atom stereocenters. The van der Waals surface area contributed by atoms with Crippen LogP contribution in [0.25, 0.3) is 0 Å². The Kier molecular flexibility index (Phi) is 11.9. The van der Waals surface area contributed by atoms with Crippen molar-refractivity contribution in [2.45, 2.75) is 83.8 Å². The summed E-state index contributed by atoms with van der Waals surface area (Å²) in [7, 11) is 2.20. The molecule has 0 radical (unpaired) electrons. The highest BCUT2D eigenvalue weighted by atomic mass is 16.2. The van der Waals surface area contributed by atoms with E-state index in [9.17, 15) is 9.59 Å². The van der Waals surface area contributed by atoms with E-state index in [2.05, 4.69) is 65.2 Å². The minimum Gasteiger partial charge on any atom is -0.398 e.